The number of rotatable bonds is 2. The number of piperidine rings is 1. The van der Waals surface area contributed by atoms with Gasteiger partial charge in [0.25, 0.3) is 0 Å². The lowest BCUT2D eigenvalue weighted by atomic mass is 9.79. The van der Waals surface area contributed by atoms with Crippen LogP contribution in [0.1, 0.15) is 32.6 Å². The van der Waals surface area contributed by atoms with E-state index in [0.717, 1.165) is 19.0 Å². The maximum Gasteiger partial charge on any atom is 0.0570 e. The molecule has 1 unspecified atom stereocenters. The average molecular weight is 169 g/mol. The Morgan fingerprint density at radius 1 is 1.33 bits per heavy atom. The van der Waals surface area contributed by atoms with Gasteiger partial charge in [0, 0.05) is 0 Å². The third-order valence-electron chi connectivity index (χ3n) is 3.81. The molecule has 1 heterocycles. The van der Waals surface area contributed by atoms with Crippen molar-refractivity contribution < 1.29 is 5.11 Å². The highest BCUT2D eigenvalue weighted by Gasteiger charge is 2.52. The molecule has 0 bridgehead atoms. The molecule has 1 atom stereocenters. The summed E-state index contributed by atoms with van der Waals surface area (Å²) in [5.74, 6) is 0.791. The summed E-state index contributed by atoms with van der Waals surface area (Å²) in [5.41, 5.74) is 0.335. The molecule has 12 heavy (non-hydrogen) atoms. The van der Waals surface area contributed by atoms with Crippen molar-refractivity contribution in [2.24, 2.45) is 11.3 Å². The topological polar surface area (TPSA) is 32.3 Å². The van der Waals surface area contributed by atoms with E-state index in [4.69, 9.17) is 0 Å². The minimum absolute atomic E-state index is 0.0828. The number of hydrogen-bond donors (Lipinski definition) is 2. The Balaban J connectivity index is 1.97. The van der Waals surface area contributed by atoms with Gasteiger partial charge in [0.05, 0.1) is 6.10 Å². The molecular weight excluding hydrogens is 150 g/mol. The molecule has 2 heteroatoms. The van der Waals surface area contributed by atoms with E-state index in [9.17, 15) is 5.11 Å². The molecule has 0 amide bonds. The highest BCUT2D eigenvalue weighted by Crippen LogP contribution is 2.57. The summed E-state index contributed by atoms with van der Waals surface area (Å²) >= 11 is 0. The smallest absolute Gasteiger partial charge is 0.0570 e. The van der Waals surface area contributed by atoms with Gasteiger partial charge in [-0.05, 0) is 57.0 Å². The van der Waals surface area contributed by atoms with Gasteiger partial charge in [0.1, 0.15) is 0 Å². The molecule has 70 valence electrons. The van der Waals surface area contributed by atoms with Gasteiger partial charge in [0.2, 0.25) is 0 Å². The summed E-state index contributed by atoms with van der Waals surface area (Å²) in [6.45, 7) is 4.27. The fraction of sp³-hybridized carbons (Fsp3) is 1.00. The van der Waals surface area contributed by atoms with Crippen LogP contribution in [-0.4, -0.2) is 24.3 Å². The molecule has 0 aromatic heterocycles. The quantitative estimate of drug-likeness (QED) is 0.650. The van der Waals surface area contributed by atoms with E-state index in [-0.39, 0.29) is 6.10 Å². The lowest BCUT2D eigenvalue weighted by molar-refractivity contribution is 0.0564. The molecule has 2 aliphatic rings. The Hall–Kier alpha value is -0.0800. The van der Waals surface area contributed by atoms with Crippen molar-refractivity contribution in [2.75, 3.05) is 13.1 Å². The number of hydrogen-bond acceptors (Lipinski definition) is 2. The molecule has 0 aromatic carbocycles. The van der Waals surface area contributed by atoms with Crippen LogP contribution in [0, 0.1) is 11.3 Å². The summed E-state index contributed by atoms with van der Waals surface area (Å²) in [4.78, 5) is 0. The van der Waals surface area contributed by atoms with Gasteiger partial charge >= 0.3 is 0 Å². The van der Waals surface area contributed by atoms with Crippen molar-refractivity contribution in [3.63, 3.8) is 0 Å². The van der Waals surface area contributed by atoms with Gasteiger partial charge in [-0.25, -0.2) is 0 Å². The Morgan fingerprint density at radius 3 is 2.33 bits per heavy atom. The second-order valence-electron chi connectivity index (χ2n) is 4.43. The maximum absolute atomic E-state index is 9.67. The van der Waals surface area contributed by atoms with Gasteiger partial charge in [-0.3, -0.25) is 0 Å². The fourth-order valence-electron chi connectivity index (χ4n) is 2.71. The Morgan fingerprint density at radius 2 is 1.92 bits per heavy atom. The lowest BCUT2D eigenvalue weighted by Crippen LogP contribution is -2.36. The molecule has 2 fully saturated rings. The number of aliphatic hydroxyl groups is 1. The van der Waals surface area contributed by atoms with Crippen molar-refractivity contribution in [1.29, 1.82) is 0 Å². The number of aliphatic hydroxyl groups excluding tert-OH is 1. The summed E-state index contributed by atoms with van der Waals surface area (Å²) in [6.07, 6.45) is 4.97. The van der Waals surface area contributed by atoms with E-state index in [2.05, 4.69) is 5.32 Å². The average Bonchev–Trinajstić information content (AvgIpc) is 2.86. The summed E-state index contributed by atoms with van der Waals surface area (Å²) in [5, 5.41) is 13.0. The van der Waals surface area contributed by atoms with E-state index in [1.165, 1.54) is 25.7 Å². The lowest BCUT2D eigenvalue weighted by Gasteiger charge is -2.32. The van der Waals surface area contributed by atoms with Crippen LogP contribution in [0.4, 0.5) is 0 Å². The van der Waals surface area contributed by atoms with Gasteiger partial charge in [-0.15, -0.1) is 0 Å². The SMILES string of the molecule is CC(O)C1(C2CCNCC2)CC1. The van der Waals surface area contributed by atoms with Gasteiger partial charge in [0.15, 0.2) is 0 Å². The Labute approximate surface area is 74.4 Å². The van der Waals surface area contributed by atoms with Gasteiger partial charge < -0.3 is 10.4 Å². The van der Waals surface area contributed by atoms with E-state index in [1.54, 1.807) is 0 Å². The highest BCUT2D eigenvalue weighted by atomic mass is 16.3. The molecule has 2 N–H and O–H groups in total. The van der Waals surface area contributed by atoms with Crippen molar-refractivity contribution in [3.8, 4) is 0 Å². The van der Waals surface area contributed by atoms with Gasteiger partial charge in [-0.2, -0.15) is 0 Å². The molecule has 0 aromatic rings. The summed E-state index contributed by atoms with van der Waals surface area (Å²) < 4.78 is 0. The van der Waals surface area contributed by atoms with Crippen LogP contribution in [0.25, 0.3) is 0 Å². The van der Waals surface area contributed by atoms with Crippen LogP contribution >= 0.6 is 0 Å². The van der Waals surface area contributed by atoms with Crippen LogP contribution in [0.5, 0.6) is 0 Å². The zero-order valence-electron chi connectivity index (χ0n) is 7.84. The predicted octanol–water partition coefficient (Wildman–Crippen LogP) is 1.15. The third kappa shape index (κ3) is 1.27. The molecule has 2 nitrogen and oxygen atoms in total. The Kier molecular flexibility index (Phi) is 2.13. The van der Waals surface area contributed by atoms with E-state index in [1.807, 2.05) is 6.92 Å². The first-order chi connectivity index (χ1) is 5.76. The standard InChI is InChI=1S/C10H19NO/c1-8(12)10(4-5-10)9-2-6-11-7-3-9/h8-9,11-12H,2-7H2,1H3. The highest BCUT2D eigenvalue weighted by molar-refractivity contribution is 5.02. The largest absolute Gasteiger partial charge is 0.393 e. The molecule has 1 saturated heterocycles. The fourth-order valence-corrected chi connectivity index (χ4v) is 2.71. The second kappa shape index (κ2) is 3.00. The summed E-state index contributed by atoms with van der Waals surface area (Å²) in [7, 11) is 0. The van der Waals surface area contributed by atoms with Crippen LogP contribution in [-0.2, 0) is 0 Å². The second-order valence-corrected chi connectivity index (χ2v) is 4.43. The first-order valence-electron chi connectivity index (χ1n) is 5.14. The van der Waals surface area contributed by atoms with Crippen molar-refractivity contribution in [3.05, 3.63) is 0 Å². The van der Waals surface area contributed by atoms with Crippen molar-refractivity contribution in [1.82, 2.24) is 5.32 Å². The van der Waals surface area contributed by atoms with Crippen molar-refractivity contribution >= 4 is 0 Å². The minimum atomic E-state index is -0.0828. The van der Waals surface area contributed by atoms with Crippen LogP contribution in [0.2, 0.25) is 0 Å². The minimum Gasteiger partial charge on any atom is -0.393 e. The molecule has 1 aliphatic heterocycles. The normalized spacial score (nSPS) is 31.5. The predicted molar refractivity (Wildman–Crippen MR) is 48.9 cm³/mol. The maximum atomic E-state index is 9.67. The van der Waals surface area contributed by atoms with Crippen LogP contribution in [0.3, 0.4) is 0 Å². The molecule has 0 radical (unpaired) electrons. The van der Waals surface area contributed by atoms with E-state index >= 15 is 0 Å². The first kappa shape index (κ1) is 8.52. The van der Waals surface area contributed by atoms with E-state index in [0.29, 0.717) is 5.41 Å². The monoisotopic (exact) mass is 169 g/mol. The molecular formula is C10H19NO. The molecule has 1 aliphatic carbocycles. The van der Waals surface area contributed by atoms with Crippen LogP contribution < -0.4 is 5.32 Å². The zero-order valence-corrected chi connectivity index (χ0v) is 7.84. The van der Waals surface area contributed by atoms with E-state index < -0.39 is 0 Å². The Bertz CT molecular complexity index is 157. The molecule has 1 saturated carbocycles. The summed E-state index contributed by atoms with van der Waals surface area (Å²) in [6, 6.07) is 0. The number of nitrogens with one attached hydrogen (secondary N) is 1. The first-order valence-corrected chi connectivity index (χ1v) is 5.14. The van der Waals surface area contributed by atoms with Gasteiger partial charge in [-0.1, -0.05) is 0 Å². The van der Waals surface area contributed by atoms with Crippen LogP contribution in [0.15, 0.2) is 0 Å². The molecule has 2 rings (SSSR count). The molecule has 0 spiro atoms. The zero-order chi connectivity index (χ0) is 8.60. The third-order valence-corrected chi connectivity index (χ3v) is 3.81. The van der Waals surface area contributed by atoms with Crippen molar-refractivity contribution in [2.45, 2.75) is 38.7 Å².